The van der Waals surface area contributed by atoms with Crippen LogP contribution in [0.2, 0.25) is 0 Å². The smallest absolute Gasteiger partial charge is 0.416 e. The number of halogens is 6. The molecular formula is C76H76AcF6N6O14. The molecule has 8 aliphatic rings. The summed E-state index contributed by atoms with van der Waals surface area (Å²) in [6, 6.07) is 14.0. The molecule has 10 atom stereocenters. The first kappa shape index (κ1) is 74.6. The van der Waals surface area contributed by atoms with Gasteiger partial charge in [0.2, 0.25) is 13.6 Å². The van der Waals surface area contributed by atoms with Crippen LogP contribution in [0.4, 0.5) is 26.3 Å². The number of aryl methyl sites for hydroxylation is 2. The quantitative estimate of drug-likeness (QED) is 0.0447. The number of carbonyl (C=O) groups is 2. The van der Waals surface area contributed by atoms with E-state index >= 15 is 0 Å². The molecule has 6 aromatic carbocycles. The number of hydrogen-bond donors (Lipinski definition) is 2. The maximum Gasteiger partial charge on any atom is 0.416 e. The number of alkyl halides is 6. The van der Waals surface area contributed by atoms with E-state index in [-0.39, 0.29) is 143 Å². The molecule has 14 rings (SSSR count). The number of likely N-dealkylation sites (N-methyl/N-ethyl adjacent to an activating group) is 2. The molecule has 2 N–H and O–H groups in total. The van der Waals surface area contributed by atoms with Crippen LogP contribution < -0.4 is 28.4 Å². The van der Waals surface area contributed by atoms with Gasteiger partial charge < -0.3 is 57.6 Å². The first-order valence-corrected chi connectivity index (χ1v) is 33.3. The van der Waals surface area contributed by atoms with Gasteiger partial charge in [-0.05, 0) is 162 Å². The second-order valence-corrected chi connectivity index (χ2v) is 27.0. The third-order valence-electron chi connectivity index (χ3n) is 21.5. The number of nitrogens with zero attached hydrogens (tertiary/aromatic N) is 6. The number of phenolic OH excluding ortho intramolecular Hbond substituents is 2. The van der Waals surface area contributed by atoms with E-state index in [4.69, 9.17) is 47.4 Å². The number of nitriles is 2. The molecule has 103 heavy (non-hydrogen) atoms. The Balaban J connectivity index is 0.000000192. The molecule has 27 heteroatoms. The fourth-order valence-electron chi connectivity index (χ4n) is 16.7. The SMILES string of the molecule is COCOc1c(C)c(C)cc2c1[C@@H]1C3Cc4c(O)c(C)c5c(c4[C@H](COC(=O)/C=C/c4cccc(C(F)(F)F)c4)N3[C@@H](C#N)[C@H](C2)N1C)OCO5.COCOc1c(C)c(C)cc2c1[C@@H]1C3Cc4c(O)c(C)c5c(c4[C@H](COC(=O)/C=C/c4cccc(C(F)(F)F)c4)N3[C@@H](C#N)[C@H](C2)N1C)OCO5.[Ac]. The van der Waals surface area contributed by atoms with Gasteiger partial charge >= 0.3 is 24.3 Å². The average molecular weight is 1640 g/mol. The zero-order valence-corrected chi connectivity index (χ0v) is 63.0. The van der Waals surface area contributed by atoms with Crippen LogP contribution in [0.1, 0.15) is 124 Å². The zero-order valence-electron chi connectivity index (χ0n) is 58.2. The predicted molar refractivity (Wildman–Crippen MR) is 357 cm³/mol. The minimum atomic E-state index is -4.53. The van der Waals surface area contributed by atoms with Crippen LogP contribution in [-0.4, -0.2) is 147 Å². The second-order valence-electron chi connectivity index (χ2n) is 27.0. The molecule has 6 aromatic rings. The molecule has 0 spiro atoms. The molecule has 1 radical (unpaired) electrons. The summed E-state index contributed by atoms with van der Waals surface area (Å²) in [6.45, 7) is 11.1. The summed E-state index contributed by atoms with van der Waals surface area (Å²) < 4.78 is 138. The van der Waals surface area contributed by atoms with E-state index in [9.17, 15) is 56.7 Å². The van der Waals surface area contributed by atoms with Gasteiger partial charge in [-0.1, -0.05) is 36.4 Å². The van der Waals surface area contributed by atoms with Gasteiger partial charge in [0.25, 0.3) is 0 Å². The van der Waals surface area contributed by atoms with E-state index in [2.05, 4.69) is 43.9 Å². The third kappa shape index (κ3) is 13.3. The number of methoxy groups -OCH3 is 2. The number of benzene rings is 6. The Labute approximate surface area is 627 Å². The van der Waals surface area contributed by atoms with Crippen molar-refractivity contribution in [2.75, 3.05) is 68.7 Å². The van der Waals surface area contributed by atoms with Gasteiger partial charge in [-0.3, -0.25) is 19.6 Å². The van der Waals surface area contributed by atoms with Crippen LogP contribution in [-0.2, 0) is 66.6 Å². The summed E-state index contributed by atoms with van der Waals surface area (Å²) in [5, 5.41) is 45.0. The number of fused-ring (bicyclic) bond motifs is 18. The van der Waals surface area contributed by atoms with E-state index in [0.717, 1.165) is 92.4 Å². The molecule has 2 saturated heterocycles. The molecule has 2 fully saturated rings. The van der Waals surface area contributed by atoms with Crippen molar-refractivity contribution in [2.24, 2.45) is 0 Å². The van der Waals surface area contributed by atoms with E-state index in [1.54, 1.807) is 28.1 Å². The van der Waals surface area contributed by atoms with Crippen molar-refractivity contribution in [3.8, 4) is 58.1 Å². The molecule has 0 amide bonds. The van der Waals surface area contributed by atoms with Gasteiger partial charge in [0.15, 0.2) is 36.6 Å². The van der Waals surface area contributed by atoms with E-state index in [0.29, 0.717) is 82.1 Å². The first-order chi connectivity index (χ1) is 48.7. The maximum atomic E-state index is 13.3. The Morgan fingerprint density at radius 2 is 0.932 bits per heavy atom. The number of carbonyl (C=O) groups excluding carboxylic acids is 2. The number of aromatic hydroxyl groups is 2. The van der Waals surface area contributed by atoms with Crippen molar-refractivity contribution in [3.05, 3.63) is 173 Å². The first-order valence-electron chi connectivity index (χ1n) is 33.3. The predicted octanol–water partition coefficient (Wildman–Crippen LogP) is 12.2. The minimum Gasteiger partial charge on any atom is -0.507 e. The van der Waals surface area contributed by atoms with Crippen LogP contribution in [0, 0.1) is 108 Å². The molecule has 539 valence electrons. The monoisotopic (exact) mass is 1640 g/mol. The number of esters is 2. The molecule has 0 aromatic heterocycles. The van der Waals surface area contributed by atoms with Crippen LogP contribution in [0.5, 0.6) is 46.0 Å². The van der Waals surface area contributed by atoms with Crippen LogP contribution in [0.3, 0.4) is 0 Å². The fraction of sp³-hybridized carbons (Fsp3) is 0.421. The van der Waals surface area contributed by atoms with Gasteiger partial charge in [0.1, 0.15) is 48.3 Å². The Kier molecular flexibility index (Phi) is 21.3. The molecule has 8 aliphatic heterocycles. The fourth-order valence-corrected chi connectivity index (χ4v) is 16.7. The summed E-state index contributed by atoms with van der Waals surface area (Å²) in [6.07, 6.45) is -2.57. The summed E-state index contributed by atoms with van der Waals surface area (Å²) in [7, 11) is 7.13. The summed E-state index contributed by atoms with van der Waals surface area (Å²) in [4.78, 5) is 35.0. The van der Waals surface area contributed by atoms with Crippen LogP contribution >= 0.6 is 0 Å². The van der Waals surface area contributed by atoms with E-state index in [1.807, 2.05) is 41.8 Å². The zero-order chi connectivity index (χ0) is 72.7. The molecule has 0 aliphatic carbocycles. The number of hydrogen-bond acceptors (Lipinski definition) is 20. The molecular weight excluding hydrogens is 1560 g/mol. The number of ether oxygens (including phenoxy) is 10. The minimum absolute atomic E-state index is 0. The van der Waals surface area contributed by atoms with E-state index < -0.39 is 59.6 Å². The van der Waals surface area contributed by atoms with E-state index in [1.165, 1.54) is 36.4 Å². The summed E-state index contributed by atoms with van der Waals surface area (Å²) in [5.41, 5.74) is 10.3. The Morgan fingerprint density at radius 1 is 0.553 bits per heavy atom. The molecule has 0 saturated carbocycles. The molecule has 2 unspecified atom stereocenters. The maximum absolute atomic E-state index is 13.3. The van der Waals surface area contributed by atoms with Crippen molar-refractivity contribution in [1.29, 1.82) is 10.5 Å². The Morgan fingerprint density at radius 3 is 1.29 bits per heavy atom. The van der Waals surface area contributed by atoms with Crippen molar-refractivity contribution < 1.29 is 138 Å². The van der Waals surface area contributed by atoms with Crippen LogP contribution in [0.25, 0.3) is 12.2 Å². The number of rotatable bonds is 14. The van der Waals surface area contributed by atoms with Gasteiger partial charge in [-0.25, -0.2) is 9.59 Å². The molecule has 8 heterocycles. The topological polar surface area (TPSA) is 227 Å². The normalized spacial score (nSPS) is 23.5. The van der Waals surface area contributed by atoms with Crippen molar-refractivity contribution in [3.63, 3.8) is 0 Å². The van der Waals surface area contributed by atoms with Crippen molar-refractivity contribution >= 4 is 24.1 Å². The van der Waals surface area contributed by atoms with Crippen LogP contribution in [0.15, 0.2) is 72.8 Å². The van der Waals surface area contributed by atoms with Crippen molar-refractivity contribution in [1.82, 2.24) is 19.6 Å². The summed E-state index contributed by atoms with van der Waals surface area (Å²) >= 11 is 0. The Hall–Kier alpha value is -8.10. The second kappa shape index (κ2) is 29.4. The van der Waals surface area contributed by atoms with Gasteiger partial charge in [0, 0.05) is 139 Å². The van der Waals surface area contributed by atoms with Gasteiger partial charge in [-0.15, -0.1) is 0 Å². The summed E-state index contributed by atoms with van der Waals surface area (Å²) in [5.74, 6) is 1.59. The van der Waals surface area contributed by atoms with Crippen molar-refractivity contribution in [2.45, 2.75) is 140 Å². The standard InChI is InChI=1S/2C38H38F3N3O7.Ac/c2*1-19-11-23-13-26-28(15-42)44-27(33(43(26)4)31(23)35(20(19)2)49-17-47-5)14-25-32(37-36(50-18-51-37)21(3)34(25)46)29(44)16-48-30(45)10-9-22-7-6-8-24(12-22)38(39,40)41;/h2*6-12,26-29,33,46H,13-14,16-18H2,1-5H3;/b2*10-9+;/t2*26-,27?,28-,29-,33-;/m00./s1. The third-order valence-corrected chi connectivity index (χ3v) is 21.5. The number of piperazine rings is 2. The number of phenols is 2. The average Bonchev–Trinajstić information content (AvgIpc) is 1.49. The molecule has 4 bridgehead atoms. The molecule has 20 nitrogen and oxygen atoms in total. The van der Waals surface area contributed by atoms with Gasteiger partial charge in [0.05, 0.1) is 47.4 Å². The largest absolute Gasteiger partial charge is 0.507 e. The Bertz CT molecular complexity index is 4240. The van der Waals surface area contributed by atoms with Gasteiger partial charge in [-0.2, -0.15) is 36.9 Å².